The first-order valence-corrected chi connectivity index (χ1v) is 8.04. The van der Waals surface area contributed by atoms with E-state index in [0.29, 0.717) is 16.0 Å². The predicted octanol–water partition coefficient (Wildman–Crippen LogP) is 3.43. The minimum atomic E-state index is -0.330. The number of benzene rings is 1. The van der Waals surface area contributed by atoms with Gasteiger partial charge in [0.05, 0.1) is 24.0 Å². The van der Waals surface area contributed by atoms with Crippen LogP contribution in [0.5, 0.6) is 5.75 Å². The Morgan fingerprint density at radius 1 is 1.33 bits per heavy atom. The van der Waals surface area contributed by atoms with Crippen molar-refractivity contribution in [1.29, 1.82) is 0 Å². The Morgan fingerprint density at radius 2 is 2.17 bits per heavy atom. The van der Waals surface area contributed by atoms with Crippen molar-refractivity contribution in [2.24, 2.45) is 0 Å². The first-order chi connectivity index (χ1) is 11.5. The highest BCUT2D eigenvalue weighted by Gasteiger charge is 2.22. The first-order valence-electron chi connectivity index (χ1n) is 7.25. The highest BCUT2D eigenvalue weighted by molar-refractivity contribution is 9.10. The fourth-order valence-electron chi connectivity index (χ4n) is 2.33. The van der Waals surface area contributed by atoms with Gasteiger partial charge in [-0.05, 0) is 36.8 Å². The molecule has 2 heterocycles. The molecule has 0 fully saturated rings. The van der Waals surface area contributed by atoms with Gasteiger partial charge < -0.3 is 10.1 Å². The van der Waals surface area contributed by atoms with Crippen molar-refractivity contribution in [1.82, 2.24) is 15.0 Å². The van der Waals surface area contributed by atoms with E-state index in [1.54, 1.807) is 36.9 Å². The maximum atomic E-state index is 13.0. The summed E-state index contributed by atoms with van der Waals surface area (Å²) >= 11 is 3.28. The predicted molar refractivity (Wildman–Crippen MR) is 93.9 cm³/mol. The summed E-state index contributed by atoms with van der Waals surface area (Å²) in [5, 5.41) is 10.1. The van der Waals surface area contributed by atoms with E-state index in [1.165, 1.54) is 11.0 Å². The van der Waals surface area contributed by atoms with Crippen LogP contribution in [0.1, 0.15) is 21.7 Å². The summed E-state index contributed by atoms with van der Waals surface area (Å²) in [4.78, 5) is 25.8. The third-order valence-corrected chi connectivity index (χ3v) is 3.96. The van der Waals surface area contributed by atoms with E-state index in [2.05, 4.69) is 30.9 Å². The Balaban J connectivity index is 2.01. The third kappa shape index (κ3) is 3.46. The second-order valence-electron chi connectivity index (χ2n) is 5.31. The molecule has 0 aliphatic rings. The van der Waals surface area contributed by atoms with Crippen molar-refractivity contribution in [3.05, 3.63) is 70.5 Å². The molecule has 1 aromatic carbocycles. The molecular weight excluding hydrogens is 372 g/mol. The Morgan fingerprint density at radius 3 is 2.83 bits per heavy atom. The number of imidazole rings is 1. The van der Waals surface area contributed by atoms with Crippen LogP contribution in [0.3, 0.4) is 0 Å². The van der Waals surface area contributed by atoms with Gasteiger partial charge in [0.15, 0.2) is 0 Å². The van der Waals surface area contributed by atoms with Gasteiger partial charge in [0.1, 0.15) is 11.6 Å². The highest BCUT2D eigenvalue weighted by atomic mass is 79.9. The van der Waals surface area contributed by atoms with E-state index in [1.807, 2.05) is 13.0 Å². The van der Waals surface area contributed by atoms with E-state index >= 15 is 0 Å². The molecule has 0 atom stereocenters. The molecular formula is C17H15BrN4O2. The molecule has 7 heteroatoms. The summed E-state index contributed by atoms with van der Waals surface area (Å²) in [6, 6.07) is 6.66. The average Bonchev–Trinajstić information content (AvgIpc) is 3.05. The number of pyridine rings is 1. The number of nitrogens with zero attached hydrogens (tertiary/aromatic N) is 3. The molecule has 0 aliphatic heterocycles. The fourth-order valence-corrected chi connectivity index (χ4v) is 2.68. The standard InChI is InChI=1S/C17H15BrN4O2/c1-11-6-13(9-19-8-11)22(10-16-20-4-5-21-16)17(24)14-3-2-12(18)7-15(14)23/h2-9,23H,10H2,1H3,(H,20,21). The lowest BCUT2D eigenvalue weighted by Gasteiger charge is -2.22. The van der Waals surface area contributed by atoms with Gasteiger partial charge in [0, 0.05) is 23.1 Å². The van der Waals surface area contributed by atoms with Crippen LogP contribution in [0.2, 0.25) is 0 Å². The number of H-pyrrole nitrogens is 1. The number of carbonyl (C=O) groups is 1. The van der Waals surface area contributed by atoms with E-state index in [4.69, 9.17) is 0 Å². The van der Waals surface area contributed by atoms with Gasteiger partial charge in [0.2, 0.25) is 0 Å². The van der Waals surface area contributed by atoms with Crippen molar-refractivity contribution in [2.75, 3.05) is 4.90 Å². The van der Waals surface area contributed by atoms with Crippen LogP contribution >= 0.6 is 15.9 Å². The number of halogens is 1. The molecule has 3 rings (SSSR count). The number of phenolic OH excluding ortho intramolecular Hbond substituents is 1. The quantitative estimate of drug-likeness (QED) is 0.719. The van der Waals surface area contributed by atoms with Crippen LogP contribution in [0.4, 0.5) is 5.69 Å². The second kappa shape index (κ2) is 6.84. The largest absolute Gasteiger partial charge is 0.507 e. The maximum absolute atomic E-state index is 13.0. The number of hydrogen-bond donors (Lipinski definition) is 2. The molecule has 2 N–H and O–H groups in total. The summed E-state index contributed by atoms with van der Waals surface area (Å²) < 4.78 is 0.700. The molecule has 0 spiro atoms. The number of amides is 1. The van der Waals surface area contributed by atoms with Crippen LogP contribution in [0.25, 0.3) is 0 Å². The molecule has 0 saturated heterocycles. The Labute approximate surface area is 147 Å². The summed E-state index contributed by atoms with van der Waals surface area (Å²) in [5.74, 6) is 0.227. The monoisotopic (exact) mass is 386 g/mol. The van der Waals surface area contributed by atoms with Crippen LogP contribution < -0.4 is 4.90 Å². The first kappa shape index (κ1) is 16.2. The third-order valence-electron chi connectivity index (χ3n) is 3.47. The van der Waals surface area contributed by atoms with E-state index in [9.17, 15) is 9.90 Å². The number of aromatic nitrogens is 3. The number of aromatic hydroxyl groups is 1. The fraction of sp³-hybridized carbons (Fsp3) is 0.118. The van der Waals surface area contributed by atoms with Gasteiger partial charge in [0.25, 0.3) is 5.91 Å². The number of aryl methyl sites for hydroxylation is 1. The van der Waals surface area contributed by atoms with Gasteiger partial charge in [-0.3, -0.25) is 14.7 Å². The zero-order valence-electron chi connectivity index (χ0n) is 12.9. The number of aromatic amines is 1. The van der Waals surface area contributed by atoms with Crippen molar-refractivity contribution < 1.29 is 9.90 Å². The van der Waals surface area contributed by atoms with E-state index in [0.717, 1.165) is 5.56 Å². The van der Waals surface area contributed by atoms with Gasteiger partial charge >= 0.3 is 0 Å². The minimum Gasteiger partial charge on any atom is -0.507 e. The maximum Gasteiger partial charge on any atom is 0.262 e. The summed E-state index contributed by atoms with van der Waals surface area (Å²) in [5.41, 5.74) is 1.79. The summed E-state index contributed by atoms with van der Waals surface area (Å²) in [6.45, 7) is 2.15. The Kier molecular flexibility index (Phi) is 4.61. The normalized spacial score (nSPS) is 10.6. The molecule has 2 aromatic heterocycles. The van der Waals surface area contributed by atoms with Gasteiger partial charge in [-0.1, -0.05) is 15.9 Å². The van der Waals surface area contributed by atoms with Crippen LogP contribution in [0.15, 0.2) is 53.5 Å². The lowest BCUT2D eigenvalue weighted by atomic mass is 10.1. The number of carbonyl (C=O) groups excluding carboxylic acids is 1. The van der Waals surface area contributed by atoms with Gasteiger partial charge in [-0.25, -0.2) is 4.98 Å². The average molecular weight is 387 g/mol. The van der Waals surface area contributed by atoms with Gasteiger partial charge in [-0.2, -0.15) is 0 Å². The molecule has 122 valence electrons. The van der Waals surface area contributed by atoms with Crippen LogP contribution in [0, 0.1) is 6.92 Å². The van der Waals surface area contributed by atoms with E-state index < -0.39 is 0 Å². The Hall–Kier alpha value is -2.67. The Bertz CT molecular complexity index is 865. The molecule has 0 saturated carbocycles. The van der Waals surface area contributed by atoms with E-state index in [-0.39, 0.29) is 23.8 Å². The number of nitrogens with one attached hydrogen (secondary N) is 1. The lowest BCUT2D eigenvalue weighted by molar-refractivity contribution is 0.0982. The summed E-state index contributed by atoms with van der Waals surface area (Å²) in [7, 11) is 0. The zero-order chi connectivity index (χ0) is 17.1. The van der Waals surface area contributed by atoms with Crippen LogP contribution in [-0.4, -0.2) is 26.0 Å². The minimum absolute atomic E-state index is 0.0839. The van der Waals surface area contributed by atoms with Gasteiger partial charge in [-0.15, -0.1) is 0 Å². The van der Waals surface area contributed by atoms with Crippen molar-refractivity contribution in [2.45, 2.75) is 13.5 Å². The molecule has 1 amide bonds. The zero-order valence-corrected chi connectivity index (χ0v) is 14.5. The molecule has 0 radical (unpaired) electrons. The van der Waals surface area contributed by atoms with Crippen molar-refractivity contribution in [3.8, 4) is 5.75 Å². The number of rotatable bonds is 4. The smallest absolute Gasteiger partial charge is 0.262 e. The van der Waals surface area contributed by atoms with Crippen molar-refractivity contribution in [3.63, 3.8) is 0 Å². The SMILES string of the molecule is Cc1cncc(N(Cc2ncc[nH]2)C(=O)c2ccc(Br)cc2O)c1. The number of hydrogen-bond acceptors (Lipinski definition) is 4. The van der Waals surface area contributed by atoms with Crippen molar-refractivity contribution >= 4 is 27.5 Å². The highest BCUT2D eigenvalue weighted by Crippen LogP contribution is 2.26. The number of phenols is 1. The number of anilines is 1. The summed E-state index contributed by atoms with van der Waals surface area (Å²) in [6.07, 6.45) is 6.66. The molecule has 24 heavy (non-hydrogen) atoms. The molecule has 6 nitrogen and oxygen atoms in total. The van der Waals surface area contributed by atoms with Crippen LogP contribution in [-0.2, 0) is 6.54 Å². The molecule has 0 aliphatic carbocycles. The second-order valence-corrected chi connectivity index (χ2v) is 6.22. The topological polar surface area (TPSA) is 82.1 Å². The lowest BCUT2D eigenvalue weighted by Crippen LogP contribution is -2.31. The molecule has 3 aromatic rings. The molecule has 0 unspecified atom stereocenters. The molecule has 0 bridgehead atoms.